The number of nitro benzene ring substituents is 1. The molecule has 1 fully saturated rings. The summed E-state index contributed by atoms with van der Waals surface area (Å²) in [4.78, 5) is 48.7. The number of carbonyl (C=O) groups excluding carboxylic acids is 3. The standard InChI is InChI=1S/C20H19N3O6/c1-2-29-20(26)14-9-13(10-17(11-14)23(27)28)19(25)21-15-5-3-6-16(12-15)22-8-4-7-18(22)24/h3,5-6,9-12H,2,4,7-8H2,1H3,(H,21,25). The number of carbonyl (C=O) groups is 3. The van der Waals surface area contributed by atoms with Crippen LogP contribution in [-0.4, -0.2) is 35.9 Å². The van der Waals surface area contributed by atoms with Crippen LogP contribution in [0.1, 0.15) is 40.5 Å². The normalized spacial score (nSPS) is 13.3. The van der Waals surface area contributed by atoms with Crippen molar-refractivity contribution in [2.45, 2.75) is 19.8 Å². The van der Waals surface area contributed by atoms with Gasteiger partial charge in [-0.2, -0.15) is 0 Å². The Morgan fingerprint density at radius 3 is 2.62 bits per heavy atom. The molecule has 2 aromatic rings. The Balaban J connectivity index is 1.86. The lowest BCUT2D eigenvalue weighted by molar-refractivity contribution is -0.384. The van der Waals surface area contributed by atoms with Crippen molar-refractivity contribution in [3.05, 3.63) is 63.7 Å². The number of esters is 1. The first kappa shape index (κ1) is 20.0. The number of non-ortho nitro benzene ring substituents is 1. The number of hydrogen-bond donors (Lipinski definition) is 1. The van der Waals surface area contributed by atoms with Crippen molar-refractivity contribution in [2.75, 3.05) is 23.4 Å². The van der Waals surface area contributed by atoms with Gasteiger partial charge in [0.2, 0.25) is 5.91 Å². The van der Waals surface area contributed by atoms with E-state index in [9.17, 15) is 24.5 Å². The Kier molecular flexibility index (Phi) is 5.87. The number of benzene rings is 2. The van der Waals surface area contributed by atoms with Gasteiger partial charge in [0, 0.05) is 42.0 Å². The summed E-state index contributed by atoms with van der Waals surface area (Å²) in [6.07, 6.45) is 1.26. The maximum atomic E-state index is 12.7. The van der Waals surface area contributed by atoms with Gasteiger partial charge >= 0.3 is 5.97 Å². The van der Waals surface area contributed by atoms with Gasteiger partial charge in [0.05, 0.1) is 17.1 Å². The summed E-state index contributed by atoms with van der Waals surface area (Å²) in [6, 6.07) is 10.2. The summed E-state index contributed by atoms with van der Waals surface area (Å²) in [5.74, 6) is -1.35. The molecule has 0 unspecified atom stereocenters. The van der Waals surface area contributed by atoms with E-state index in [0.717, 1.165) is 18.6 Å². The predicted octanol–water partition coefficient (Wildman–Crippen LogP) is 3.15. The molecule has 150 valence electrons. The number of anilines is 2. The second kappa shape index (κ2) is 8.51. The third kappa shape index (κ3) is 4.57. The topological polar surface area (TPSA) is 119 Å². The van der Waals surface area contributed by atoms with E-state index in [1.165, 1.54) is 6.07 Å². The van der Waals surface area contributed by atoms with Gasteiger partial charge in [0.15, 0.2) is 0 Å². The molecular formula is C20H19N3O6. The van der Waals surface area contributed by atoms with Crippen LogP contribution in [0.15, 0.2) is 42.5 Å². The molecule has 1 aliphatic heterocycles. The lowest BCUT2D eigenvalue weighted by Crippen LogP contribution is -2.23. The van der Waals surface area contributed by atoms with Gasteiger partial charge < -0.3 is 15.0 Å². The summed E-state index contributed by atoms with van der Waals surface area (Å²) in [5.41, 5.74) is 0.567. The van der Waals surface area contributed by atoms with E-state index in [2.05, 4.69) is 5.32 Å². The zero-order chi connectivity index (χ0) is 21.0. The van der Waals surface area contributed by atoms with Crippen LogP contribution in [0.5, 0.6) is 0 Å². The zero-order valence-electron chi connectivity index (χ0n) is 15.7. The van der Waals surface area contributed by atoms with Crippen LogP contribution in [-0.2, 0) is 9.53 Å². The number of nitro groups is 1. The first-order valence-electron chi connectivity index (χ1n) is 9.07. The molecular weight excluding hydrogens is 378 g/mol. The van der Waals surface area contributed by atoms with Gasteiger partial charge in [-0.1, -0.05) is 6.07 Å². The van der Waals surface area contributed by atoms with Crippen LogP contribution >= 0.6 is 0 Å². The molecule has 29 heavy (non-hydrogen) atoms. The average Bonchev–Trinajstić information content (AvgIpc) is 3.14. The molecule has 1 saturated heterocycles. The summed E-state index contributed by atoms with van der Waals surface area (Å²) in [6.45, 7) is 2.33. The smallest absolute Gasteiger partial charge is 0.338 e. The second-order valence-corrected chi connectivity index (χ2v) is 6.40. The summed E-state index contributed by atoms with van der Waals surface area (Å²) in [7, 11) is 0. The van der Waals surface area contributed by atoms with Gasteiger partial charge in [-0.05, 0) is 37.6 Å². The molecule has 0 saturated carbocycles. The molecule has 3 rings (SSSR count). The summed E-state index contributed by atoms with van der Waals surface area (Å²) in [5, 5.41) is 13.8. The Labute approximate surface area is 166 Å². The minimum absolute atomic E-state index is 0.0197. The molecule has 1 heterocycles. The van der Waals surface area contributed by atoms with E-state index in [1.54, 1.807) is 36.1 Å². The molecule has 9 nitrogen and oxygen atoms in total. The fraction of sp³-hybridized carbons (Fsp3) is 0.250. The first-order chi connectivity index (χ1) is 13.9. The van der Waals surface area contributed by atoms with Crippen molar-refractivity contribution >= 4 is 34.8 Å². The van der Waals surface area contributed by atoms with Gasteiger partial charge in [0.25, 0.3) is 11.6 Å². The average molecular weight is 397 g/mol. The number of rotatable bonds is 6. The first-order valence-corrected chi connectivity index (χ1v) is 9.07. The Morgan fingerprint density at radius 1 is 1.21 bits per heavy atom. The fourth-order valence-corrected chi connectivity index (χ4v) is 3.06. The second-order valence-electron chi connectivity index (χ2n) is 6.40. The lowest BCUT2D eigenvalue weighted by atomic mass is 10.1. The highest BCUT2D eigenvalue weighted by Crippen LogP contribution is 2.25. The molecule has 2 aromatic carbocycles. The Hall–Kier alpha value is -3.75. The maximum absolute atomic E-state index is 12.7. The number of nitrogens with one attached hydrogen (secondary N) is 1. The number of ether oxygens (including phenoxy) is 1. The number of hydrogen-bond acceptors (Lipinski definition) is 6. The highest BCUT2D eigenvalue weighted by Gasteiger charge is 2.22. The molecule has 0 aromatic heterocycles. The van der Waals surface area contributed by atoms with Crippen molar-refractivity contribution in [3.63, 3.8) is 0 Å². The molecule has 1 aliphatic rings. The van der Waals surface area contributed by atoms with Crippen molar-refractivity contribution in [1.82, 2.24) is 0 Å². The fourth-order valence-electron chi connectivity index (χ4n) is 3.06. The van der Waals surface area contributed by atoms with Crippen molar-refractivity contribution < 1.29 is 24.0 Å². The van der Waals surface area contributed by atoms with E-state index >= 15 is 0 Å². The van der Waals surface area contributed by atoms with Crippen LogP contribution in [0.2, 0.25) is 0 Å². The SMILES string of the molecule is CCOC(=O)c1cc(C(=O)Nc2cccc(N3CCCC3=O)c2)cc([N+](=O)[O-])c1. The van der Waals surface area contributed by atoms with Crippen LogP contribution in [0.25, 0.3) is 0 Å². The third-order valence-electron chi connectivity index (χ3n) is 4.39. The molecule has 1 N–H and O–H groups in total. The van der Waals surface area contributed by atoms with Crippen LogP contribution in [0.4, 0.5) is 17.1 Å². The highest BCUT2D eigenvalue weighted by molar-refractivity contribution is 6.06. The monoisotopic (exact) mass is 397 g/mol. The molecule has 0 atom stereocenters. The highest BCUT2D eigenvalue weighted by atomic mass is 16.6. The van der Waals surface area contributed by atoms with Gasteiger partial charge in [-0.15, -0.1) is 0 Å². The summed E-state index contributed by atoms with van der Waals surface area (Å²) >= 11 is 0. The Bertz CT molecular complexity index is 988. The predicted molar refractivity (Wildman–Crippen MR) is 105 cm³/mol. The van der Waals surface area contributed by atoms with E-state index in [-0.39, 0.29) is 23.6 Å². The quantitative estimate of drug-likeness (QED) is 0.454. The van der Waals surface area contributed by atoms with Gasteiger partial charge in [-0.3, -0.25) is 19.7 Å². The molecule has 0 spiro atoms. The number of amides is 2. The minimum Gasteiger partial charge on any atom is -0.462 e. The largest absolute Gasteiger partial charge is 0.462 e. The molecule has 0 bridgehead atoms. The zero-order valence-corrected chi connectivity index (χ0v) is 15.7. The molecule has 0 aliphatic carbocycles. The molecule has 2 amide bonds. The van der Waals surface area contributed by atoms with Crippen molar-refractivity contribution in [3.8, 4) is 0 Å². The van der Waals surface area contributed by atoms with Crippen molar-refractivity contribution in [1.29, 1.82) is 0 Å². The lowest BCUT2D eigenvalue weighted by Gasteiger charge is -2.16. The van der Waals surface area contributed by atoms with E-state index in [0.29, 0.717) is 24.3 Å². The van der Waals surface area contributed by atoms with Gasteiger partial charge in [0.1, 0.15) is 0 Å². The van der Waals surface area contributed by atoms with Crippen LogP contribution in [0.3, 0.4) is 0 Å². The molecule has 9 heteroatoms. The summed E-state index contributed by atoms with van der Waals surface area (Å²) < 4.78 is 4.87. The molecule has 0 radical (unpaired) electrons. The van der Waals surface area contributed by atoms with E-state index in [4.69, 9.17) is 4.74 Å². The van der Waals surface area contributed by atoms with Gasteiger partial charge in [-0.25, -0.2) is 4.79 Å². The van der Waals surface area contributed by atoms with Crippen LogP contribution < -0.4 is 10.2 Å². The maximum Gasteiger partial charge on any atom is 0.338 e. The Morgan fingerprint density at radius 2 is 1.97 bits per heavy atom. The van der Waals surface area contributed by atoms with E-state index < -0.39 is 22.5 Å². The third-order valence-corrected chi connectivity index (χ3v) is 4.39. The van der Waals surface area contributed by atoms with E-state index in [1.807, 2.05) is 0 Å². The minimum atomic E-state index is -0.750. The number of nitrogens with zero attached hydrogens (tertiary/aromatic N) is 2. The van der Waals surface area contributed by atoms with Crippen LogP contribution in [0, 0.1) is 10.1 Å². The van der Waals surface area contributed by atoms with Crippen molar-refractivity contribution in [2.24, 2.45) is 0 Å².